The maximum absolute atomic E-state index is 10.8. The Hall–Kier alpha value is -0.860. The van der Waals surface area contributed by atoms with Gasteiger partial charge in [-0.05, 0) is 6.92 Å². The second kappa shape index (κ2) is 4.88. The predicted molar refractivity (Wildman–Crippen MR) is 46.6 cm³/mol. The first-order valence-corrected chi connectivity index (χ1v) is 4.04. The average molecular weight is 156 g/mol. The first-order chi connectivity index (χ1) is 5.22. The van der Waals surface area contributed by atoms with Crippen LogP contribution in [-0.4, -0.2) is 18.3 Å². The molecule has 1 aliphatic rings. The minimum absolute atomic E-state index is 0.0231. The fourth-order valence-corrected chi connectivity index (χ4v) is 0.698. The van der Waals surface area contributed by atoms with E-state index in [4.69, 9.17) is 0 Å². The van der Waals surface area contributed by atoms with Gasteiger partial charge < -0.3 is 5.32 Å². The molecular formula is C8H16N2O. The Morgan fingerprint density at radius 1 is 1.45 bits per heavy atom. The molecule has 1 amide bonds. The number of carbonyl (C=O) groups is 1. The highest BCUT2D eigenvalue weighted by atomic mass is 16.2. The van der Waals surface area contributed by atoms with Crippen LogP contribution >= 0.6 is 0 Å². The van der Waals surface area contributed by atoms with Crippen LogP contribution in [0.3, 0.4) is 0 Å². The fourth-order valence-electron chi connectivity index (χ4n) is 0.698. The third-order valence-electron chi connectivity index (χ3n) is 1.65. The summed E-state index contributed by atoms with van der Waals surface area (Å²) in [5, 5.41) is 2.53. The molecule has 0 aliphatic carbocycles. The van der Waals surface area contributed by atoms with Crippen molar-refractivity contribution in [2.75, 3.05) is 0 Å². The maximum Gasteiger partial charge on any atom is 0.230 e. The van der Waals surface area contributed by atoms with E-state index in [0.29, 0.717) is 0 Å². The van der Waals surface area contributed by atoms with Gasteiger partial charge in [0, 0.05) is 0 Å². The van der Waals surface area contributed by atoms with Crippen molar-refractivity contribution in [2.24, 2.45) is 10.9 Å². The molecule has 11 heavy (non-hydrogen) atoms. The van der Waals surface area contributed by atoms with Crippen molar-refractivity contribution >= 4 is 12.2 Å². The van der Waals surface area contributed by atoms with E-state index in [0.717, 1.165) is 0 Å². The van der Waals surface area contributed by atoms with Crippen molar-refractivity contribution < 1.29 is 4.79 Å². The van der Waals surface area contributed by atoms with Crippen molar-refractivity contribution in [3.05, 3.63) is 0 Å². The van der Waals surface area contributed by atoms with E-state index in [1.807, 2.05) is 27.7 Å². The highest BCUT2D eigenvalue weighted by Gasteiger charge is 2.21. The molecule has 3 nitrogen and oxygen atoms in total. The number of aliphatic imine (C=N–C) groups is 1. The van der Waals surface area contributed by atoms with Gasteiger partial charge in [-0.1, -0.05) is 20.8 Å². The molecule has 0 aromatic rings. The Labute approximate surface area is 67.9 Å². The molecule has 0 saturated carbocycles. The Kier molecular flexibility index (Phi) is 4.50. The molecule has 0 spiro atoms. The topological polar surface area (TPSA) is 41.5 Å². The summed E-state index contributed by atoms with van der Waals surface area (Å²) >= 11 is 0. The zero-order valence-corrected chi connectivity index (χ0v) is 7.59. The van der Waals surface area contributed by atoms with Gasteiger partial charge in [0.15, 0.2) is 0 Å². The summed E-state index contributed by atoms with van der Waals surface area (Å²) in [5.41, 5.74) is 0. The summed E-state index contributed by atoms with van der Waals surface area (Å²) in [7, 11) is 0. The molecule has 0 radical (unpaired) electrons. The van der Waals surface area contributed by atoms with Gasteiger partial charge in [-0.25, -0.2) is 0 Å². The number of rotatable bonds is 0. The molecule has 1 aliphatic heterocycles. The molecule has 3 heteroatoms. The number of hydrogen-bond donors (Lipinski definition) is 1. The zero-order chi connectivity index (χ0) is 8.85. The van der Waals surface area contributed by atoms with Gasteiger partial charge in [-0.2, -0.15) is 0 Å². The third-order valence-corrected chi connectivity index (χ3v) is 1.65. The summed E-state index contributed by atoms with van der Waals surface area (Å²) in [4.78, 5) is 14.8. The first kappa shape index (κ1) is 10.1. The summed E-state index contributed by atoms with van der Waals surface area (Å²) < 4.78 is 0. The highest BCUT2D eigenvalue weighted by Crippen LogP contribution is 2.07. The van der Waals surface area contributed by atoms with E-state index in [2.05, 4.69) is 10.3 Å². The lowest BCUT2D eigenvalue weighted by molar-refractivity contribution is -0.123. The summed E-state index contributed by atoms with van der Waals surface area (Å²) in [6.45, 7) is 7.80. The van der Waals surface area contributed by atoms with Crippen LogP contribution in [0.15, 0.2) is 4.99 Å². The standard InChI is InChI=1S/C6H10N2O.C2H6/c1-4-5(2)7-3-8-6(4)9;1-2/h3-5H,1-2H3,(H,7,8,9);1-2H3. The van der Waals surface area contributed by atoms with Gasteiger partial charge in [0.25, 0.3) is 0 Å². The minimum atomic E-state index is 0.0231. The monoisotopic (exact) mass is 156 g/mol. The number of hydrogen-bond acceptors (Lipinski definition) is 2. The molecular weight excluding hydrogens is 140 g/mol. The Balaban J connectivity index is 0.000000461. The Morgan fingerprint density at radius 2 is 2.00 bits per heavy atom. The molecule has 0 saturated heterocycles. The summed E-state index contributed by atoms with van der Waals surface area (Å²) in [5.74, 6) is 0.0903. The zero-order valence-electron chi connectivity index (χ0n) is 7.59. The van der Waals surface area contributed by atoms with Crippen LogP contribution in [0.25, 0.3) is 0 Å². The van der Waals surface area contributed by atoms with Gasteiger partial charge in [0.2, 0.25) is 5.91 Å². The van der Waals surface area contributed by atoms with Gasteiger partial charge in [-0.3, -0.25) is 9.79 Å². The highest BCUT2D eigenvalue weighted by molar-refractivity contribution is 5.91. The van der Waals surface area contributed by atoms with Crippen LogP contribution in [0.4, 0.5) is 0 Å². The van der Waals surface area contributed by atoms with Crippen molar-refractivity contribution in [3.63, 3.8) is 0 Å². The second-order valence-electron chi connectivity index (χ2n) is 2.32. The summed E-state index contributed by atoms with van der Waals surface area (Å²) in [6, 6.07) is 0.138. The largest absolute Gasteiger partial charge is 0.317 e. The third kappa shape index (κ3) is 2.70. The fraction of sp³-hybridized carbons (Fsp3) is 0.750. The Bertz CT molecular complexity index is 154. The molecule has 64 valence electrons. The number of amides is 1. The molecule has 1 rings (SSSR count). The van der Waals surface area contributed by atoms with E-state index in [1.54, 1.807) is 0 Å². The van der Waals surface area contributed by atoms with Crippen LogP contribution in [0, 0.1) is 5.92 Å². The minimum Gasteiger partial charge on any atom is -0.317 e. The molecule has 0 bridgehead atoms. The lowest BCUT2D eigenvalue weighted by atomic mass is 10.0. The first-order valence-electron chi connectivity index (χ1n) is 4.04. The lowest BCUT2D eigenvalue weighted by Gasteiger charge is -2.18. The number of nitrogens with one attached hydrogen (secondary N) is 1. The van der Waals surface area contributed by atoms with E-state index < -0.39 is 0 Å². The average Bonchev–Trinajstić information content (AvgIpc) is 2.04. The quantitative estimate of drug-likeness (QED) is 0.562. The predicted octanol–water partition coefficient (Wildman–Crippen LogP) is 1.20. The van der Waals surface area contributed by atoms with Crippen LogP contribution in [0.1, 0.15) is 27.7 Å². The van der Waals surface area contributed by atoms with Crippen LogP contribution in [0.5, 0.6) is 0 Å². The van der Waals surface area contributed by atoms with Gasteiger partial charge >= 0.3 is 0 Å². The number of carbonyl (C=O) groups excluding carboxylic acids is 1. The molecule has 2 atom stereocenters. The van der Waals surface area contributed by atoms with Crippen molar-refractivity contribution in [2.45, 2.75) is 33.7 Å². The lowest BCUT2D eigenvalue weighted by Crippen LogP contribution is -2.37. The van der Waals surface area contributed by atoms with Crippen molar-refractivity contribution in [1.29, 1.82) is 0 Å². The summed E-state index contributed by atoms with van der Waals surface area (Å²) in [6.07, 6.45) is 1.47. The molecule has 0 aromatic heterocycles. The maximum atomic E-state index is 10.8. The molecule has 0 fully saturated rings. The van der Waals surface area contributed by atoms with Gasteiger partial charge in [0.1, 0.15) is 0 Å². The SMILES string of the molecule is CC.CC1N=CNC(=O)C1C. The van der Waals surface area contributed by atoms with E-state index in [-0.39, 0.29) is 17.9 Å². The van der Waals surface area contributed by atoms with Crippen molar-refractivity contribution in [3.8, 4) is 0 Å². The number of nitrogens with zero attached hydrogens (tertiary/aromatic N) is 1. The van der Waals surface area contributed by atoms with Crippen LogP contribution in [0.2, 0.25) is 0 Å². The van der Waals surface area contributed by atoms with E-state index >= 15 is 0 Å². The van der Waals surface area contributed by atoms with Gasteiger partial charge in [-0.15, -0.1) is 0 Å². The normalized spacial score (nSPS) is 28.5. The smallest absolute Gasteiger partial charge is 0.230 e. The molecule has 1 heterocycles. The molecule has 0 aromatic carbocycles. The van der Waals surface area contributed by atoms with Crippen LogP contribution < -0.4 is 5.32 Å². The second-order valence-corrected chi connectivity index (χ2v) is 2.32. The van der Waals surface area contributed by atoms with Crippen molar-refractivity contribution in [1.82, 2.24) is 5.32 Å². The van der Waals surface area contributed by atoms with Crippen LogP contribution in [-0.2, 0) is 4.79 Å². The molecule has 2 unspecified atom stereocenters. The van der Waals surface area contributed by atoms with Gasteiger partial charge in [0.05, 0.1) is 18.3 Å². The van der Waals surface area contributed by atoms with E-state index in [1.165, 1.54) is 6.34 Å². The Morgan fingerprint density at radius 3 is 2.36 bits per heavy atom. The van der Waals surface area contributed by atoms with E-state index in [9.17, 15) is 4.79 Å². The molecule has 1 N–H and O–H groups in total.